The molecule has 1 N–H and O–H groups in total. The van der Waals surface area contributed by atoms with Gasteiger partial charge in [-0.05, 0) is 18.2 Å². The van der Waals surface area contributed by atoms with Crippen LogP contribution in [0.1, 0.15) is 33.8 Å². The fourth-order valence-electron chi connectivity index (χ4n) is 3.83. The number of pyridine rings is 1. The summed E-state index contributed by atoms with van der Waals surface area (Å²) in [7, 11) is 0. The van der Waals surface area contributed by atoms with Crippen LogP contribution in [-0.2, 0) is 6.42 Å². The minimum atomic E-state index is -0.478. The molecule has 0 aliphatic carbocycles. The van der Waals surface area contributed by atoms with Gasteiger partial charge in [-0.3, -0.25) is 9.78 Å². The molecule has 6 rings (SSSR count). The second-order valence-corrected chi connectivity index (χ2v) is 7.06. The molecular weight excluding hydrogens is 398 g/mol. The van der Waals surface area contributed by atoms with Crippen LogP contribution in [0, 0.1) is 0 Å². The van der Waals surface area contributed by atoms with Crippen molar-refractivity contribution in [3.8, 4) is 11.6 Å². The summed E-state index contributed by atoms with van der Waals surface area (Å²) in [5, 5.41) is 12.6. The largest absolute Gasteiger partial charge is 0.411 e. The number of rotatable bonds is 3. The predicted molar refractivity (Wildman–Crippen MR) is 106 cm³/mol. The topological polar surface area (TPSA) is 131 Å². The molecule has 1 aliphatic heterocycles. The maximum atomic E-state index is 13.4. The van der Waals surface area contributed by atoms with Gasteiger partial charge in [0.15, 0.2) is 0 Å². The molecule has 0 saturated carbocycles. The Balaban J connectivity index is 1.40. The molecule has 1 amide bonds. The van der Waals surface area contributed by atoms with E-state index in [9.17, 15) is 4.79 Å². The molecular formula is C20H15N9O2. The van der Waals surface area contributed by atoms with E-state index in [-0.39, 0.29) is 11.8 Å². The molecule has 6 heterocycles. The standard InChI is InChI=1S/C20H15N9O2/c30-20(19-26-25-18(31-19)15-10-21-5-6-22-15)28-8-4-13-16(24-11-23-13)17(28)14-9-12-3-1-2-7-29(12)27-14/h1-3,5-7,9-11,17H,4,8H2,(H,23,24)/t17-/m1/s1. The number of aromatic nitrogens is 8. The van der Waals surface area contributed by atoms with Gasteiger partial charge in [0, 0.05) is 37.3 Å². The molecule has 0 saturated heterocycles. The minimum absolute atomic E-state index is 0.117. The summed E-state index contributed by atoms with van der Waals surface area (Å²) in [5.74, 6) is -0.370. The maximum absolute atomic E-state index is 13.4. The van der Waals surface area contributed by atoms with Gasteiger partial charge in [-0.25, -0.2) is 14.5 Å². The molecule has 0 radical (unpaired) electrons. The molecule has 11 nitrogen and oxygen atoms in total. The Hall–Kier alpha value is -4.41. The van der Waals surface area contributed by atoms with Gasteiger partial charge in [0.2, 0.25) is 0 Å². The highest BCUT2D eigenvalue weighted by Crippen LogP contribution is 2.34. The number of carbonyl (C=O) groups is 1. The van der Waals surface area contributed by atoms with Crippen LogP contribution >= 0.6 is 0 Å². The van der Waals surface area contributed by atoms with E-state index in [1.807, 2.05) is 30.5 Å². The van der Waals surface area contributed by atoms with Crippen molar-refractivity contribution in [1.29, 1.82) is 0 Å². The van der Waals surface area contributed by atoms with Crippen LogP contribution < -0.4 is 0 Å². The van der Waals surface area contributed by atoms with E-state index in [0.717, 1.165) is 16.9 Å². The first-order valence-electron chi connectivity index (χ1n) is 9.65. The van der Waals surface area contributed by atoms with Gasteiger partial charge in [0.25, 0.3) is 5.89 Å². The predicted octanol–water partition coefficient (Wildman–Crippen LogP) is 1.69. The second kappa shape index (κ2) is 6.83. The summed E-state index contributed by atoms with van der Waals surface area (Å²) in [6, 6.07) is 7.28. The molecule has 0 aromatic carbocycles. The fourth-order valence-corrected chi connectivity index (χ4v) is 3.83. The first-order chi connectivity index (χ1) is 15.3. The van der Waals surface area contributed by atoms with Crippen molar-refractivity contribution in [3.63, 3.8) is 0 Å². The van der Waals surface area contributed by atoms with Crippen molar-refractivity contribution >= 4 is 11.4 Å². The SMILES string of the molecule is O=C(c1nnc(-c2cnccn2)o1)N1CCc2[nH]cnc2[C@H]1c1cc2ccccn2n1. The third-order valence-electron chi connectivity index (χ3n) is 5.25. The lowest BCUT2D eigenvalue weighted by molar-refractivity contribution is 0.0646. The number of hydrogen-bond donors (Lipinski definition) is 1. The van der Waals surface area contributed by atoms with Crippen molar-refractivity contribution < 1.29 is 9.21 Å². The zero-order chi connectivity index (χ0) is 20.8. The van der Waals surface area contributed by atoms with Crippen LogP contribution in [0.4, 0.5) is 0 Å². The summed E-state index contributed by atoms with van der Waals surface area (Å²) < 4.78 is 7.40. The molecule has 0 unspecified atom stereocenters. The second-order valence-electron chi connectivity index (χ2n) is 7.06. The summed E-state index contributed by atoms with van der Waals surface area (Å²) >= 11 is 0. The van der Waals surface area contributed by atoms with Crippen LogP contribution in [0.15, 0.2) is 59.8 Å². The molecule has 11 heteroatoms. The van der Waals surface area contributed by atoms with Crippen LogP contribution in [0.2, 0.25) is 0 Å². The monoisotopic (exact) mass is 413 g/mol. The van der Waals surface area contributed by atoms with Crippen LogP contribution in [0.25, 0.3) is 17.1 Å². The van der Waals surface area contributed by atoms with Crippen LogP contribution in [0.5, 0.6) is 0 Å². The van der Waals surface area contributed by atoms with Gasteiger partial charge in [-0.2, -0.15) is 5.10 Å². The third kappa shape index (κ3) is 2.86. The summed E-state index contributed by atoms with van der Waals surface area (Å²) in [6.07, 6.45) is 8.70. The average Bonchev–Trinajstić information content (AvgIpc) is 3.57. The first-order valence-corrected chi connectivity index (χ1v) is 9.65. The highest BCUT2D eigenvalue weighted by Gasteiger charge is 2.38. The van der Waals surface area contributed by atoms with Crippen molar-refractivity contribution in [3.05, 3.63) is 78.4 Å². The summed E-state index contributed by atoms with van der Waals surface area (Å²) in [5.41, 5.74) is 3.78. The van der Waals surface area contributed by atoms with Gasteiger partial charge >= 0.3 is 11.8 Å². The Morgan fingerprint density at radius 2 is 2.16 bits per heavy atom. The number of carbonyl (C=O) groups excluding carboxylic acids is 1. The Bertz CT molecular complexity index is 1350. The molecule has 152 valence electrons. The Morgan fingerprint density at radius 3 is 3.03 bits per heavy atom. The average molecular weight is 413 g/mol. The highest BCUT2D eigenvalue weighted by molar-refractivity contribution is 5.90. The van der Waals surface area contributed by atoms with E-state index in [0.29, 0.717) is 24.4 Å². The van der Waals surface area contributed by atoms with E-state index >= 15 is 0 Å². The smallest absolute Gasteiger partial charge is 0.312 e. The van der Waals surface area contributed by atoms with E-state index < -0.39 is 11.9 Å². The maximum Gasteiger partial charge on any atom is 0.312 e. The summed E-state index contributed by atoms with van der Waals surface area (Å²) in [6.45, 7) is 0.454. The van der Waals surface area contributed by atoms with E-state index in [2.05, 4.69) is 35.2 Å². The van der Waals surface area contributed by atoms with Crippen molar-refractivity contribution in [2.24, 2.45) is 0 Å². The van der Waals surface area contributed by atoms with Gasteiger partial charge in [0.1, 0.15) is 11.7 Å². The van der Waals surface area contributed by atoms with Gasteiger partial charge in [-0.1, -0.05) is 6.07 Å². The lowest BCUT2D eigenvalue weighted by Gasteiger charge is -2.32. The number of H-pyrrole nitrogens is 1. The molecule has 0 spiro atoms. The minimum Gasteiger partial charge on any atom is -0.411 e. The zero-order valence-electron chi connectivity index (χ0n) is 16.1. The Morgan fingerprint density at radius 1 is 1.19 bits per heavy atom. The molecule has 0 bridgehead atoms. The van der Waals surface area contributed by atoms with Crippen LogP contribution in [-0.4, -0.2) is 57.1 Å². The lowest BCUT2D eigenvalue weighted by atomic mass is 9.99. The van der Waals surface area contributed by atoms with Crippen molar-refractivity contribution in [1.82, 2.24) is 44.6 Å². The Kier molecular flexibility index (Phi) is 3.85. The van der Waals surface area contributed by atoms with E-state index in [1.54, 1.807) is 21.9 Å². The number of fused-ring (bicyclic) bond motifs is 2. The zero-order valence-corrected chi connectivity index (χ0v) is 16.1. The summed E-state index contributed by atoms with van der Waals surface area (Å²) in [4.78, 5) is 30.8. The molecule has 1 atom stereocenters. The number of amides is 1. The quantitative estimate of drug-likeness (QED) is 0.473. The first kappa shape index (κ1) is 17.4. The molecule has 0 fully saturated rings. The van der Waals surface area contributed by atoms with Gasteiger partial charge in [-0.15, -0.1) is 10.2 Å². The van der Waals surface area contributed by atoms with Crippen molar-refractivity contribution in [2.75, 3.05) is 6.54 Å². The molecule has 5 aromatic rings. The number of aromatic amines is 1. The van der Waals surface area contributed by atoms with Crippen LogP contribution in [0.3, 0.4) is 0 Å². The van der Waals surface area contributed by atoms with Gasteiger partial charge in [0.05, 0.1) is 29.4 Å². The number of imidazole rings is 1. The highest BCUT2D eigenvalue weighted by atomic mass is 16.4. The van der Waals surface area contributed by atoms with Gasteiger partial charge < -0.3 is 14.3 Å². The third-order valence-corrected chi connectivity index (χ3v) is 5.25. The molecule has 31 heavy (non-hydrogen) atoms. The lowest BCUT2D eigenvalue weighted by Crippen LogP contribution is -2.41. The van der Waals surface area contributed by atoms with E-state index in [1.165, 1.54) is 12.4 Å². The molecule has 5 aromatic heterocycles. The number of hydrogen-bond acceptors (Lipinski definition) is 8. The molecule has 1 aliphatic rings. The normalized spacial score (nSPS) is 15.9. The number of nitrogens with one attached hydrogen (secondary N) is 1. The number of nitrogens with zero attached hydrogens (tertiary/aromatic N) is 8. The fraction of sp³-hybridized carbons (Fsp3) is 0.150. The Labute approximate surface area is 174 Å². The van der Waals surface area contributed by atoms with Crippen molar-refractivity contribution in [2.45, 2.75) is 12.5 Å². The van der Waals surface area contributed by atoms with E-state index in [4.69, 9.17) is 4.42 Å².